The van der Waals surface area contributed by atoms with E-state index in [0.717, 1.165) is 27.7 Å². The topological polar surface area (TPSA) is 24.9 Å². The lowest BCUT2D eigenvalue weighted by molar-refractivity contribution is 0.628. The number of benzene rings is 1. The Balaban J connectivity index is 2.42. The summed E-state index contributed by atoms with van der Waals surface area (Å²) >= 11 is 1.64. The van der Waals surface area contributed by atoms with Gasteiger partial charge in [0.1, 0.15) is 5.82 Å². The lowest BCUT2D eigenvalue weighted by Crippen LogP contribution is -2.06. The first-order valence-electron chi connectivity index (χ1n) is 5.07. The van der Waals surface area contributed by atoms with Crippen LogP contribution in [0, 0.1) is 12.7 Å². The summed E-state index contributed by atoms with van der Waals surface area (Å²) in [5, 5.41) is 4.12. The van der Waals surface area contributed by atoms with E-state index in [2.05, 4.69) is 10.3 Å². The van der Waals surface area contributed by atoms with Crippen LogP contribution < -0.4 is 5.32 Å². The van der Waals surface area contributed by atoms with Gasteiger partial charge in [-0.3, -0.25) is 0 Å². The van der Waals surface area contributed by atoms with Gasteiger partial charge in [-0.15, -0.1) is 11.3 Å². The van der Waals surface area contributed by atoms with Crippen molar-refractivity contribution >= 4 is 11.3 Å². The number of hydrogen-bond acceptors (Lipinski definition) is 3. The van der Waals surface area contributed by atoms with Crippen LogP contribution in [0.4, 0.5) is 4.39 Å². The van der Waals surface area contributed by atoms with E-state index in [9.17, 15) is 4.39 Å². The molecule has 2 rings (SSSR count). The summed E-state index contributed by atoms with van der Waals surface area (Å²) in [6.07, 6.45) is 0. The molecule has 1 N–H and O–H groups in total. The summed E-state index contributed by atoms with van der Waals surface area (Å²) < 4.78 is 12.8. The lowest BCUT2D eigenvalue weighted by Gasteiger charge is -2.01. The second-order valence-electron chi connectivity index (χ2n) is 3.55. The predicted octanol–water partition coefficient (Wildman–Crippen LogP) is 2.98. The predicted molar refractivity (Wildman–Crippen MR) is 65.0 cm³/mol. The first-order chi connectivity index (χ1) is 7.70. The number of thiazole rings is 1. The van der Waals surface area contributed by atoms with E-state index in [1.807, 2.05) is 14.0 Å². The number of rotatable bonds is 3. The number of aryl methyl sites for hydroxylation is 1. The van der Waals surface area contributed by atoms with E-state index in [-0.39, 0.29) is 5.82 Å². The molecule has 1 aromatic heterocycles. The fraction of sp³-hybridized carbons (Fsp3) is 0.250. The molecule has 0 amide bonds. The van der Waals surface area contributed by atoms with Gasteiger partial charge in [-0.05, 0) is 31.7 Å². The van der Waals surface area contributed by atoms with Crippen LogP contribution >= 0.6 is 11.3 Å². The van der Waals surface area contributed by atoms with E-state index in [1.165, 1.54) is 12.1 Å². The van der Waals surface area contributed by atoms with Crippen LogP contribution in [0.2, 0.25) is 0 Å². The van der Waals surface area contributed by atoms with Crippen LogP contribution in [0.5, 0.6) is 0 Å². The Bertz CT molecular complexity index is 476. The molecule has 0 fully saturated rings. The van der Waals surface area contributed by atoms with Gasteiger partial charge < -0.3 is 5.32 Å². The molecule has 84 valence electrons. The summed E-state index contributed by atoms with van der Waals surface area (Å²) in [5.41, 5.74) is 2.05. The maximum Gasteiger partial charge on any atom is 0.123 e. The van der Waals surface area contributed by atoms with Crippen molar-refractivity contribution in [2.75, 3.05) is 7.05 Å². The molecule has 1 aromatic carbocycles. The van der Waals surface area contributed by atoms with Crippen LogP contribution in [0.1, 0.15) is 10.7 Å². The van der Waals surface area contributed by atoms with Crippen molar-refractivity contribution in [2.45, 2.75) is 13.5 Å². The summed E-state index contributed by atoms with van der Waals surface area (Å²) in [6.45, 7) is 2.72. The molecule has 0 saturated heterocycles. The third-order valence-electron chi connectivity index (χ3n) is 2.25. The molecule has 0 saturated carbocycles. The summed E-state index contributed by atoms with van der Waals surface area (Å²) in [5.74, 6) is -0.208. The van der Waals surface area contributed by atoms with Gasteiger partial charge in [0.05, 0.1) is 15.6 Å². The quantitative estimate of drug-likeness (QED) is 0.886. The molecule has 4 heteroatoms. The minimum atomic E-state index is -0.208. The van der Waals surface area contributed by atoms with Crippen molar-refractivity contribution in [1.82, 2.24) is 10.3 Å². The molecule has 1 heterocycles. The van der Waals surface area contributed by atoms with Gasteiger partial charge in [0.25, 0.3) is 0 Å². The number of hydrogen-bond donors (Lipinski definition) is 1. The standard InChI is InChI=1S/C12H13FN2S/c1-8-15-11(7-14-2)12(16-8)9-3-5-10(13)6-4-9/h3-6,14H,7H2,1-2H3. The van der Waals surface area contributed by atoms with E-state index in [1.54, 1.807) is 23.5 Å². The highest BCUT2D eigenvalue weighted by Gasteiger charge is 2.10. The fourth-order valence-electron chi connectivity index (χ4n) is 1.58. The maximum absolute atomic E-state index is 12.8. The normalized spacial score (nSPS) is 10.7. The van der Waals surface area contributed by atoms with Gasteiger partial charge in [-0.1, -0.05) is 12.1 Å². The highest BCUT2D eigenvalue weighted by molar-refractivity contribution is 7.15. The molecule has 2 aromatic rings. The molecular weight excluding hydrogens is 223 g/mol. The number of halogens is 1. The zero-order valence-electron chi connectivity index (χ0n) is 9.25. The summed E-state index contributed by atoms with van der Waals surface area (Å²) in [6, 6.07) is 6.55. The first-order valence-corrected chi connectivity index (χ1v) is 5.89. The SMILES string of the molecule is CNCc1nc(C)sc1-c1ccc(F)cc1. The van der Waals surface area contributed by atoms with Crippen molar-refractivity contribution in [3.8, 4) is 10.4 Å². The van der Waals surface area contributed by atoms with E-state index >= 15 is 0 Å². The van der Waals surface area contributed by atoms with Gasteiger partial charge in [0, 0.05) is 6.54 Å². The number of nitrogens with one attached hydrogen (secondary N) is 1. The molecule has 0 bridgehead atoms. The van der Waals surface area contributed by atoms with E-state index < -0.39 is 0 Å². The van der Waals surface area contributed by atoms with Crippen molar-refractivity contribution < 1.29 is 4.39 Å². The van der Waals surface area contributed by atoms with Gasteiger partial charge >= 0.3 is 0 Å². The Labute approximate surface area is 98.2 Å². The minimum Gasteiger partial charge on any atom is -0.314 e. The van der Waals surface area contributed by atoms with Gasteiger partial charge in [0.2, 0.25) is 0 Å². The number of nitrogens with zero attached hydrogens (tertiary/aromatic N) is 1. The molecule has 0 aliphatic carbocycles. The zero-order chi connectivity index (χ0) is 11.5. The van der Waals surface area contributed by atoms with Crippen molar-refractivity contribution in [1.29, 1.82) is 0 Å². The zero-order valence-corrected chi connectivity index (χ0v) is 10.1. The molecule has 2 nitrogen and oxygen atoms in total. The first kappa shape index (κ1) is 11.2. The number of aromatic nitrogens is 1. The second-order valence-corrected chi connectivity index (χ2v) is 4.75. The molecular formula is C12H13FN2S. The van der Waals surface area contributed by atoms with Crippen molar-refractivity contribution in [3.63, 3.8) is 0 Å². The van der Waals surface area contributed by atoms with Gasteiger partial charge in [0.15, 0.2) is 0 Å². The molecule has 0 radical (unpaired) electrons. The monoisotopic (exact) mass is 236 g/mol. The second kappa shape index (κ2) is 4.72. The molecule has 16 heavy (non-hydrogen) atoms. The molecule has 0 unspecified atom stereocenters. The largest absolute Gasteiger partial charge is 0.314 e. The average molecular weight is 236 g/mol. The average Bonchev–Trinajstić information content (AvgIpc) is 2.61. The third-order valence-corrected chi connectivity index (χ3v) is 3.32. The van der Waals surface area contributed by atoms with E-state index in [4.69, 9.17) is 0 Å². The minimum absolute atomic E-state index is 0.208. The van der Waals surface area contributed by atoms with Crippen LogP contribution in [0.3, 0.4) is 0 Å². The van der Waals surface area contributed by atoms with Gasteiger partial charge in [-0.25, -0.2) is 9.37 Å². The van der Waals surface area contributed by atoms with Crippen LogP contribution in [0.15, 0.2) is 24.3 Å². The Morgan fingerprint density at radius 2 is 2.00 bits per heavy atom. The molecule has 0 atom stereocenters. The Kier molecular flexibility index (Phi) is 3.31. The third kappa shape index (κ3) is 2.28. The summed E-state index contributed by atoms with van der Waals surface area (Å²) in [7, 11) is 1.89. The van der Waals surface area contributed by atoms with Crippen LogP contribution in [-0.4, -0.2) is 12.0 Å². The van der Waals surface area contributed by atoms with Crippen molar-refractivity contribution in [3.05, 3.63) is 40.8 Å². The summed E-state index contributed by atoms with van der Waals surface area (Å²) in [4.78, 5) is 5.58. The van der Waals surface area contributed by atoms with Crippen LogP contribution in [-0.2, 0) is 6.54 Å². The van der Waals surface area contributed by atoms with Crippen LogP contribution in [0.25, 0.3) is 10.4 Å². The Hall–Kier alpha value is -1.26. The maximum atomic E-state index is 12.8. The van der Waals surface area contributed by atoms with E-state index in [0.29, 0.717) is 0 Å². The lowest BCUT2D eigenvalue weighted by atomic mass is 10.1. The molecule has 0 aliphatic heterocycles. The highest BCUT2D eigenvalue weighted by atomic mass is 32.1. The Morgan fingerprint density at radius 1 is 1.31 bits per heavy atom. The smallest absolute Gasteiger partial charge is 0.123 e. The Morgan fingerprint density at radius 3 is 2.62 bits per heavy atom. The highest BCUT2D eigenvalue weighted by Crippen LogP contribution is 2.30. The molecule has 0 aliphatic rings. The van der Waals surface area contributed by atoms with Gasteiger partial charge in [-0.2, -0.15) is 0 Å². The van der Waals surface area contributed by atoms with Crippen molar-refractivity contribution in [2.24, 2.45) is 0 Å². The fourth-order valence-corrected chi connectivity index (χ4v) is 2.53. The molecule has 0 spiro atoms.